The summed E-state index contributed by atoms with van der Waals surface area (Å²) in [6, 6.07) is 16.4. The van der Waals surface area contributed by atoms with Gasteiger partial charge in [0.15, 0.2) is 0 Å². The summed E-state index contributed by atoms with van der Waals surface area (Å²) < 4.78 is 1.58. The summed E-state index contributed by atoms with van der Waals surface area (Å²) >= 11 is 0. The van der Waals surface area contributed by atoms with Crippen LogP contribution in [-0.4, -0.2) is 37.7 Å². The number of nitrogens with two attached hydrogens (primary N) is 1. The van der Waals surface area contributed by atoms with Crippen LogP contribution >= 0.6 is 0 Å². The minimum absolute atomic E-state index is 0.127. The van der Waals surface area contributed by atoms with Crippen LogP contribution in [0.4, 0.5) is 5.82 Å². The van der Waals surface area contributed by atoms with E-state index >= 15 is 0 Å². The van der Waals surface area contributed by atoms with Gasteiger partial charge < -0.3 is 11.1 Å². The molecule has 0 saturated heterocycles. The van der Waals surface area contributed by atoms with Crippen LogP contribution in [0.5, 0.6) is 0 Å². The van der Waals surface area contributed by atoms with Crippen LogP contribution in [0.3, 0.4) is 0 Å². The molecule has 35 heavy (non-hydrogen) atoms. The first kappa shape index (κ1) is 22.2. The van der Waals surface area contributed by atoms with Gasteiger partial charge in [0.1, 0.15) is 18.7 Å². The van der Waals surface area contributed by atoms with Gasteiger partial charge in [0.2, 0.25) is 5.91 Å². The van der Waals surface area contributed by atoms with Gasteiger partial charge in [-0.05, 0) is 37.6 Å². The first-order valence-corrected chi connectivity index (χ1v) is 11.3. The molecule has 0 bridgehead atoms. The van der Waals surface area contributed by atoms with E-state index in [0.717, 1.165) is 50.1 Å². The van der Waals surface area contributed by atoms with E-state index in [-0.39, 0.29) is 12.5 Å². The highest BCUT2D eigenvalue weighted by Crippen LogP contribution is 2.38. The minimum Gasteiger partial charge on any atom is -0.383 e. The molecule has 0 radical (unpaired) electrons. The van der Waals surface area contributed by atoms with E-state index in [2.05, 4.69) is 57.6 Å². The van der Waals surface area contributed by atoms with E-state index in [1.807, 2.05) is 25.1 Å². The second-order valence-corrected chi connectivity index (χ2v) is 8.47. The Bertz CT molecular complexity index is 1550. The van der Waals surface area contributed by atoms with Crippen molar-refractivity contribution in [2.75, 3.05) is 12.8 Å². The van der Waals surface area contributed by atoms with Crippen molar-refractivity contribution in [3.63, 3.8) is 0 Å². The first-order chi connectivity index (χ1) is 16.9. The second kappa shape index (κ2) is 8.98. The molecule has 5 rings (SSSR count). The van der Waals surface area contributed by atoms with E-state index in [1.54, 1.807) is 30.5 Å². The Morgan fingerprint density at radius 3 is 2.51 bits per heavy atom. The lowest BCUT2D eigenvalue weighted by Gasteiger charge is -2.14. The van der Waals surface area contributed by atoms with Gasteiger partial charge in [-0.25, -0.2) is 15.0 Å². The molecule has 0 aliphatic heterocycles. The Morgan fingerprint density at radius 2 is 1.74 bits per heavy atom. The summed E-state index contributed by atoms with van der Waals surface area (Å²) in [7, 11) is 1.60. The summed E-state index contributed by atoms with van der Waals surface area (Å²) in [5.41, 5.74) is 14.7. The van der Waals surface area contributed by atoms with Gasteiger partial charge in [-0.15, -0.1) is 0 Å². The van der Waals surface area contributed by atoms with Gasteiger partial charge in [0.05, 0.1) is 17.4 Å². The van der Waals surface area contributed by atoms with Gasteiger partial charge in [0, 0.05) is 46.6 Å². The van der Waals surface area contributed by atoms with Gasteiger partial charge in [-0.1, -0.05) is 35.9 Å². The molecule has 0 unspecified atom stereocenters. The van der Waals surface area contributed by atoms with Crippen LogP contribution in [0.1, 0.15) is 11.3 Å². The normalized spacial score (nSPS) is 11.1. The van der Waals surface area contributed by atoms with Crippen molar-refractivity contribution in [3.05, 3.63) is 78.5 Å². The van der Waals surface area contributed by atoms with E-state index in [9.17, 15) is 4.79 Å². The van der Waals surface area contributed by atoms with Crippen molar-refractivity contribution >= 4 is 22.6 Å². The maximum atomic E-state index is 11.8. The van der Waals surface area contributed by atoms with Crippen molar-refractivity contribution in [1.29, 1.82) is 0 Å². The molecule has 8 heteroatoms. The SMILES string of the molecule is CNC(=O)Cn1cc(-c2cc(-c3ccc4ncnc(C)c4c3)c(-c3ccc(C)cc3)nc2N)cn1. The molecule has 5 aromatic rings. The molecule has 0 atom stereocenters. The summed E-state index contributed by atoms with van der Waals surface area (Å²) in [6.07, 6.45) is 5.08. The number of nitrogens with one attached hydrogen (secondary N) is 1. The Hall–Kier alpha value is -4.59. The van der Waals surface area contributed by atoms with Crippen molar-refractivity contribution in [2.24, 2.45) is 0 Å². The molecular formula is C27H25N7O. The molecule has 3 aromatic heterocycles. The third kappa shape index (κ3) is 4.33. The third-order valence-electron chi connectivity index (χ3n) is 6.05. The zero-order valence-electron chi connectivity index (χ0n) is 19.8. The summed E-state index contributed by atoms with van der Waals surface area (Å²) in [6.45, 7) is 4.16. The lowest BCUT2D eigenvalue weighted by molar-refractivity contribution is -0.121. The second-order valence-electron chi connectivity index (χ2n) is 8.47. The summed E-state index contributed by atoms with van der Waals surface area (Å²) in [4.78, 5) is 25.4. The number of carbonyl (C=O) groups excluding carboxylic acids is 1. The van der Waals surface area contributed by atoms with E-state index in [4.69, 9.17) is 10.7 Å². The van der Waals surface area contributed by atoms with Gasteiger partial charge in [-0.2, -0.15) is 5.10 Å². The van der Waals surface area contributed by atoms with Gasteiger partial charge in [0.25, 0.3) is 0 Å². The molecule has 0 spiro atoms. The van der Waals surface area contributed by atoms with Crippen molar-refractivity contribution in [2.45, 2.75) is 20.4 Å². The number of fused-ring (bicyclic) bond motifs is 1. The maximum absolute atomic E-state index is 11.8. The highest BCUT2D eigenvalue weighted by atomic mass is 16.1. The molecule has 2 aromatic carbocycles. The molecule has 174 valence electrons. The highest BCUT2D eigenvalue weighted by Gasteiger charge is 2.17. The summed E-state index contributed by atoms with van der Waals surface area (Å²) in [5.74, 6) is 0.263. The van der Waals surface area contributed by atoms with Gasteiger partial charge >= 0.3 is 0 Å². The number of benzene rings is 2. The average molecular weight is 464 g/mol. The number of rotatable bonds is 5. The monoisotopic (exact) mass is 463 g/mol. The van der Waals surface area contributed by atoms with Gasteiger partial charge in [-0.3, -0.25) is 9.48 Å². The van der Waals surface area contributed by atoms with Crippen LogP contribution in [0, 0.1) is 13.8 Å². The summed E-state index contributed by atoms with van der Waals surface area (Å²) in [5, 5.41) is 7.91. The molecule has 3 N–H and O–H groups in total. The van der Waals surface area contributed by atoms with Crippen molar-refractivity contribution in [1.82, 2.24) is 30.0 Å². The fourth-order valence-corrected chi connectivity index (χ4v) is 4.08. The molecular weight excluding hydrogens is 438 g/mol. The Kier molecular flexibility index (Phi) is 5.70. The molecule has 0 saturated carbocycles. The van der Waals surface area contributed by atoms with E-state index in [1.165, 1.54) is 5.56 Å². The minimum atomic E-state index is -0.130. The molecule has 0 aliphatic rings. The molecule has 0 fully saturated rings. The van der Waals surface area contributed by atoms with Crippen LogP contribution in [-0.2, 0) is 11.3 Å². The molecule has 8 nitrogen and oxygen atoms in total. The van der Waals surface area contributed by atoms with Crippen LogP contribution in [0.25, 0.3) is 44.4 Å². The Balaban J connectivity index is 1.69. The Morgan fingerprint density at radius 1 is 0.971 bits per heavy atom. The number of hydrogen-bond donors (Lipinski definition) is 2. The fourth-order valence-electron chi connectivity index (χ4n) is 4.08. The number of pyridine rings is 1. The predicted molar refractivity (Wildman–Crippen MR) is 137 cm³/mol. The number of carbonyl (C=O) groups is 1. The zero-order chi connectivity index (χ0) is 24.5. The lowest BCUT2D eigenvalue weighted by atomic mass is 9.94. The average Bonchev–Trinajstić information content (AvgIpc) is 3.32. The topological polar surface area (TPSA) is 112 Å². The lowest BCUT2D eigenvalue weighted by Crippen LogP contribution is -2.23. The molecule has 3 heterocycles. The van der Waals surface area contributed by atoms with E-state index in [0.29, 0.717) is 5.82 Å². The van der Waals surface area contributed by atoms with Crippen molar-refractivity contribution < 1.29 is 4.79 Å². The maximum Gasteiger partial charge on any atom is 0.241 e. The van der Waals surface area contributed by atoms with Crippen LogP contribution in [0.2, 0.25) is 0 Å². The zero-order valence-corrected chi connectivity index (χ0v) is 19.8. The first-order valence-electron chi connectivity index (χ1n) is 11.3. The molecule has 1 amide bonds. The number of likely N-dealkylation sites (N-methyl/N-ethyl adjacent to an activating group) is 1. The Labute approximate surface area is 202 Å². The number of amides is 1. The number of hydrogen-bond acceptors (Lipinski definition) is 6. The smallest absolute Gasteiger partial charge is 0.241 e. The third-order valence-corrected chi connectivity index (χ3v) is 6.05. The quantitative estimate of drug-likeness (QED) is 0.405. The number of anilines is 1. The predicted octanol–water partition coefficient (Wildman–Crippen LogP) is 4.17. The van der Waals surface area contributed by atoms with E-state index < -0.39 is 0 Å². The largest absolute Gasteiger partial charge is 0.383 e. The molecule has 0 aliphatic carbocycles. The number of aromatic nitrogens is 5. The van der Waals surface area contributed by atoms with Crippen LogP contribution in [0.15, 0.2) is 67.3 Å². The fraction of sp³-hybridized carbons (Fsp3) is 0.148. The van der Waals surface area contributed by atoms with Crippen LogP contribution < -0.4 is 11.1 Å². The highest BCUT2D eigenvalue weighted by molar-refractivity contribution is 5.92. The number of aryl methyl sites for hydroxylation is 2. The number of nitrogens with zero attached hydrogens (tertiary/aromatic N) is 5. The van der Waals surface area contributed by atoms with Crippen molar-refractivity contribution in [3.8, 4) is 33.5 Å². The number of nitrogen functional groups attached to an aromatic ring is 1. The standard InChI is InChI=1S/C27H25N7O/c1-16-4-6-18(7-5-16)26-22(19-8-9-24-21(10-19)17(2)30-15-31-24)11-23(27(28)33-26)20-12-32-34(13-20)14-25(35)29-3/h4-13,15H,14H2,1-3H3,(H2,28,33)(H,29,35).